The molecule has 1 aromatic rings. The molecule has 86 valence electrons. The largest absolute Gasteiger partial charge is 0.494 e. The van der Waals surface area contributed by atoms with Crippen LogP contribution >= 0.6 is 0 Å². The number of unbranched alkanes of at least 4 members (excludes halogenated alkanes) is 1. The molecule has 0 N–H and O–H groups in total. The molecule has 0 bridgehead atoms. The van der Waals surface area contributed by atoms with E-state index < -0.39 is 9.84 Å². The molecule has 0 aromatic heterocycles. The summed E-state index contributed by atoms with van der Waals surface area (Å²) in [6.45, 7) is 0.544. The van der Waals surface area contributed by atoms with Gasteiger partial charge in [-0.05, 0) is 30.7 Å². The Balaban J connectivity index is 2.56. The molecule has 0 heterocycles. The minimum atomic E-state index is -3.13. The summed E-state index contributed by atoms with van der Waals surface area (Å²) in [5.74, 6) is 3.18. The lowest BCUT2D eigenvalue weighted by molar-refractivity contribution is 0.312. The highest BCUT2D eigenvalue weighted by Gasteiger charge is 2.05. The van der Waals surface area contributed by atoms with Crippen LogP contribution in [0.25, 0.3) is 0 Å². The van der Waals surface area contributed by atoms with E-state index in [4.69, 9.17) is 11.2 Å². The van der Waals surface area contributed by atoms with Crippen LogP contribution in [0, 0.1) is 12.3 Å². The Bertz CT molecular complexity index is 466. The van der Waals surface area contributed by atoms with Crippen molar-refractivity contribution >= 4 is 9.84 Å². The van der Waals surface area contributed by atoms with Crippen molar-refractivity contribution in [2.45, 2.75) is 17.7 Å². The number of ether oxygens (including phenoxy) is 1. The zero-order valence-corrected chi connectivity index (χ0v) is 9.96. The van der Waals surface area contributed by atoms with Crippen LogP contribution in [0.2, 0.25) is 0 Å². The smallest absolute Gasteiger partial charge is 0.175 e. The lowest BCUT2D eigenvalue weighted by Crippen LogP contribution is -1.99. The SMILES string of the molecule is C#CCCCOc1ccc(S(C)(=O)=O)cc1. The third kappa shape index (κ3) is 3.95. The number of benzene rings is 1. The van der Waals surface area contributed by atoms with Gasteiger partial charge in [-0.1, -0.05) is 0 Å². The van der Waals surface area contributed by atoms with E-state index in [0.29, 0.717) is 23.7 Å². The van der Waals surface area contributed by atoms with Gasteiger partial charge in [-0.15, -0.1) is 12.3 Å². The van der Waals surface area contributed by atoms with Crippen LogP contribution in [0.3, 0.4) is 0 Å². The number of terminal acetylenes is 1. The summed E-state index contributed by atoms with van der Waals surface area (Å²) in [5.41, 5.74) is 0. The topological polar surface area (TPSA) is 43.4 Å². The minimum Gasteiger partial charge on any atom is -0.494 e. The molecule has 0 aliphatic carbocycles. The van der Waals surface area contributed by atoms with E-state index >= 15 is 0 Å². The predicted molar refractivity (Wildman–Crippen MR) is 63.1 cm³/mol. The summed E-state index contributed by atoms with van der Waals surface area (Å²) in [4.78, 5) is 0.295. The molecular weight excluding hydrogens is 224 g/mol. The van der Waals surface area contributed by atoms with Gasteiger partial charge in [-0.2, -0.15) is 0 Å². The predicted octanol–water partition coefficient (Wildman–Crippen LogP) is 1.88. The quantitative estimate of drug-likeness (QED) is 0.581. The van der Waals surface area contributed by atoms with Gasteiger partial charge in [0.25, 0.3) is 0 Å². The lowest BCUT2D eigenvalue weighted by atomic mass is 10.3. The fraction of sp³-hybridized carbons (Fsp3) is 0.333. The molecule has 0 radical (unpaired) electrons. The van der Waals surface area contributed by atoms with Crippen LogP contribution in [-0.4, -0.2) is 21.3 Å². The first-order valence-electron chi connectivity index (χ1n) is 4.90. The van der Waals surface area contributed by atoms with Crippen molar-refractivity contribution in [2.24, 2.45) is 0 Å². The molecule has 3 nitrogen and oxygen atoms in total. The van der Waals surface area contributed by atoms with Crippen molar-refractivity contribution in [2.75, 3.05) is 12.9 Å². The summed E-state index contributed by atoms with van der Waals surface area (Å²) in [6, 6.07) is 6.36. The fourth-order valence-electron chi connectivity index (χ4n) is 1.15. The molecule has 0 saturated heterocycles. The van der Waals surface area contributed by atoms with Gasteiger partial charge in [-0.3, -0.25) is 0 Å². The number of sulfone groups is 1. The first kappa shape index (κ1) is 12.6. The van der Waals surface area contributed by atoms with E-state index in [2.05, 4.69) is 5.92 Å². The monoisotopic (exact) mass is 238 g/mol. The Labute approximate surface area is 96.4 Å². The minimum absolute atomic E-state index is 0.295. The molecule has 0 aliphatic rings. The summed E-state index contributed by atoms with van der Waals surface area (Å²) < 4.78 is 27.7. The van der Waals surface area contributed by atoms with E-state index in [1.807, 2.05) is 0 Å². The van der Waals surface area contributed by atoms with Crippen LogP contribution in [0.4, 0.5) is 0 Å². The first-order chi connectivity index (χ1) is 7.54. The molecule has 0 spiro atoms. The van der Waals surface area contributed by atoms with Crippen LogP contribution in [0.15, 0.2) is 29.2 Å². The van der Waals surface area contributed by atoms with Gasteiger partial charge in [-0.25, -0.2) is 8.42 Å². The molecule has 0 aliphatic heterocycles. The average Bonchev–Trinajstić information content (AvgIpc) is 2.24. The molecule has 16 heavy (non-hydrogen) atoms. The van der Waals surface area contributed by atoms with Crippen LogP contribution < -0.4 is 4.74 Å². The van der Waals surface area contributed by atoms with Crippen molar-refractivity contribution in [3.05, 3.63) is 24.3 Å². The third-order valence-corrected chi connectivity index (χ3v) is 3.11. The van der Waals surface area contributed by atoms with Crippen molar-refractivity contribution in [3.8, 4) is 18.1 Å². The van der Waals surface area contributed by atoms with Crippen LogP contribution in [0.1, 0.15) is 12.8 Å². The molecule has 1 rings (SSSR count). The van der Waals surface area contributed by atoms with Gasteiger partial charge < -0.3 is 4.74 Å². The second kappa shape index (κ2) is 5.57. The summed E-state index contributed by atoms with van der Waals surface area (Å²) >= 11 is 0. The summed E-state index contributed by atoms with van der Waals surface area (Å²) in [7, 11) is -3.13. The molecule has 0 saturated carbocycles. The Kier molecular flexibility index (Phi) is 4.39. The van der Waals surface area contributed by atoms with Crippen molar-refractivity contribution < 1.29 is 13.2 Å². The maximum Gasteiger partial charge on any atom is 0.175 e. The standard InChI is InChI=1S/C12H14O3S/c1-3-4-5-10-15-11-6-8-12(9-7-11)16(2,13)14/h1,6-9H,4-5,10H2,2H3. The van der Waals surface area contributed by atoms with E-state index in [9.17, 15) is 8.42 Å². The molecule has 0 fully saturated rings. The third-order valence-electron chi connectivity index (χ3n) is 1.99. The highest BCUT2D eigenvalue weighted by molar-refractivity contribution is 7.90. The molecular formula is C12H14O3S. The second-order valence-electron chi connectivity index (χ2n) is 3.40. The average molecular weight is 238 g/mol. The zero-order chi connectivity index (χ0) is 12.0. The van der Waals surface area contributed by atoms with Gasteiger partial charge in [0, 0.05) is 12.7 Å². The number of hydrogen-bond donors (Lipinski definition) is 0. The number of hydrogen-bond acceptors (Lipinski definition) is 3. The lowest BCUT2D eigenvalue weighted by Gasteiger charge is -2.05. The zero-order valence-electron chi connectivity index (χ0n) is 9.14. The maximum atomic E-state index is 11.2. The van der Waals surface area contributed by atoms with E-state index in [0.717, 1.165) is 6.42 Å². The first-order valence-corrected chi connectivity index (χ1v) is 6.79. The van der Waals surface area contributed by atoms with Gasteiger partial charge >= 0.3 is 0 Å². The van der Waals surface area contributed by atoms with Crippen molar-refractivity contribution in [1.29, 1.82) is 0 Å². The van der Waals surface area contributed by atoms with E-state index in [1.165, 1.54) is 18.4 Å². The Morgan fingerprint density at radius 1 is 1.31 bits per heavy atom. The molecule has 4 heteroatoms. The van der Waals surface area contributed by atoms with Gasteiger partial charge in [0.05, 0.1) is 11.5 Å². The normalized spacial score (nSPS) is 10.8. The van der Waals surface area contributed by atoms with Crippen LogP contribution in [-0.2, 0) is 9.84 Å². The molecule has 0 unspecified atom stereocenters. The maximum absolute atomic E-state index is 11.2. The summed E-state index contributed by atoms with van der Waals surface area (Å²) in [5, 5.41) is 0. The Morgan fingerprint density at radius 2 is 1.94 bits per heavy atom. The van der Waals surface area contributed by atoms with E-state index in [1.54, 1.807) is 12.1 Å². The van der Waals surface area contributed by atoms with E-state index in [-0.39, 0.29) is 0 Å². The molecule has 0 amide bonds. The highest BCUT2D eigenvalue weighted by atomic mass is 32.2. The highest BCUT2D eigenvalue weighted by Crippen LogP contribution is 2.15. The van der Waals surface area contributed by atoms with Gasteiger partial charge in [0.2, 0.25) is 0 Å². The Hall–Kier alpha value is -1.47. The van der Waals surface area contributed by atoms with Gasteiger partial charge in [0.15, 0.2) is 9.84 Å². The van der Waals surface area contributed by atoms with Crippen molar-refractivity contribution in [1.82, 2.24) is 0 Å². The Morgan fingerprint density at radius 3 is 2.44 bits per heavy atom. The van der Waals surface area contributed by atoms with Gasteiger partial charge in [0.1, 0.15) is 5.75 Å². The van der Waals surface area contributed by atoms with Crippen molar-refractivity contribution in [3.63, 3.8) is 0 Å². The molecule has 1 aromatic carbocycles. The molecule has 0 atom stereocenters. The summed E-state index contributed by atoms with van der Waals surface area (Å²) in [6.07, 6.45) is 7.76. The fourth-order valence-corrected chi connectivity index (χ4v) is 1.78. The van der Waals surface area contributed by atoms with Crippen LogP contribution in [0.5, 0.6) is 5.75 Å². The second-order valence-corrected chi connectivity index (χ2v) is 5.42. The number of rotatable bonds is 5.